The average molecular weight is 414 g/mol. The summed E-state index contributed by atoms with van der Waals surface area (Å²) in [6, 6.07) is 11.1. The minimum Gasteiger partial charge on any atom is -0.483 e. The summed E-state index contributed by atoms with van der Waals surface area (Å²) in [5.41, 5.74) is 0.400. The van der Waals surface area contributed by atoms with Gasteiger partial charge in [-0.25, -0.2) is 4.79 Å². The van der Waals surface area contributed by atoms with E-state index in [1.165, 1.54) is 25.1 Å². The third-order valence-corrected chi connectivity index (χ3v) is 4.44. The van der Waals surface area contributed by atoms with Crippen LogP contribution in [0.1, 0.15) is 26.3 Å². The number of ether oxygens (including phenoxy) is 3. The third-order valence-electron chi connectivity index (χ3n) is 4.44. The number of benzene rings is 2. The fourth-order valence-corrected chi connectivity index (χ4v) is 3.10. The van der Waals surface area contributed by atoms with Crippen molar-refractivity contribution in [3.05, 3.63) is 58.1 Å². The molecule has 0 spiro atoms. The van der Waals surface area contributed by atoms with E-state index in [9.17, 15) is 19.7 Å². The highest BCUT2D eigenvalue weighted by Gasteiger charge is 2.32. The highest BCUT2D eigenvalue weighted by Crippen LogP contribution is 2.41. The summed E-state index contributed by atoms with van der Waals surface area (Å²) in [6.45, 7) is 4.88. The molecule has 0 radical (unpaired) electrons. The van der Waals surface area contributed by atoms with Gasteiger partial charge in [0.1, 0.15) is 11.3 Å². The van der Waals surface area contributed by atoms with Crippen molar-refractivity contribution in [3.8, 4) is 11.5 Å². The van der Waals surface area contributed by atoms with E-state index in [1.54, 1.807) is 12.1 Å². The minimum atomic E-state index is -1.17. The highest BCUT2D eigenvalue weighted by molar-refractivity contribution is 5.96. The van der Waals surface area contributed by atoms with Gasteiger partial charge in [0.25, 0.3) is 11.6 Å². The quantitative estimate of drug-likeness (QED) is 0.420. The molecule has 1 aliphatic rings. The van der Waals surface area contributed by atoms with Crippen molar-refractivity contribution in [2.24, 2.45) is 0 Å². The monoisotopic (exact) mass is 414 g/mol. The number of fused-ring (bicyclic) bond motifs is 1. The van der Waals surface area contributed by atoms with Crippen LogP contribution in [0.25, 0.3) is 0 Å². The lowest BCUT2D eigenvalue weighted by atomic mass is 10.0. The van der Waals surface area contributed by atoms with E-state index in [-0.39, 0.29) is 17.0 Å². The zero-order valence-electron chi connectivity index (χ0n) is 16.8. The fraction of sp³-hybridized carbons (Fsp3) is 0.333. The molecule has 1 N–H and O–H groups in total. The number of para-hydroxylation sites is 3. The zero-order valence-corrected chi connectivity index (χ0v) is 16.8. The highest BCUT2D eigenvalue weighted by atomic mass is 16.6. The van der Waals surface area contributed by atoms with E-state index in [4.69, 9.17) is 14.2 Å². The van der Waals surface area contributed by atoms with Crippen molar-refractivity contribution in [1.82, 2.24) is 0 Å². The van der Waals surface area contributed by atoms with Crippen LogP contribution in [0.4, 0.5) is 11.4 Å². The second kappa shape index (κ2) is 8.40. The zero-order chi connectivity index (χ0) is 21.9. The van der Waals surface area contributed by atoms with Crippen LogP contribution < -0.4 is 14.8 Å². The molecule has 0 unspecified atom stereocenters. The number of anilines is 1. The van der Waals surface area contributed by atoms with Crippen molar-refractivity contribution in [3.63, 3.8) is 0 Å². The Balaban J connectivity index is 1.55. The fourth-order valence-electron chi connectivity index (χ4n) is 3.10. The molecule has 0 saturated heterocycles. The van der Waals surface area contributed by atoms with Gasteiger partial charge >= 0.3 is 5.97 Å². The number of nitro groups is 1. The van der Waals surface area contributed by atoms with Crippen LogP contribution in [0.3, 0.4) is 0 Å². The summed E-state index contributed by atoms with van der Waals surface area (Å²) in [5.74, 6) is -0.428. The van der Waals surface area contributed by atoms with Crippen LogP contribution >= 0.6 is 0 Å². The SMILES string of the molecule is C[C@H](OC(=O)COc1cccc2c1OC(C)(C)C2)C(=O)Nc1ccccc1[N+](=O)[O-]. The third kappa shape index (κ3) is 4.86. The molecule has 9 nitrogen and oxygen atoms in total. The first kappa shape index (κ1) is 21.1. The van der Waals surface area contributed by atoms with Gasteiger partial charge in [0.2, 0.25) is 0 Å². The number of carbonyl (C=O) groups excluding carboxylic acids is 2. The molecule has 1 heterocycles. The van der Waals surface area contributed by atoms with E-state index in [0.29, 0.717) is 11.5 Å². The second-order valence-corrected chi connectivity index (χ2v) is 7.47. The van der Waals surface area contributed by atoms with Crippen LogP contribution in [0.2, 0.25) is 0 Å². The normalized spacial score (nSPS) is 14.8. The Morgan fingerprint density at radius 3 is 2.70 bits per heavy atom. The number of nitro benzene ring substituents is 1. The molecule has 1 aliphatic heterocycles. The Morgan fingerprint density at radius 1 is 1.23 bits per heavy atom. The maximum Gasteiger partial charge on any atom is 0.344 e. The molecule has 1 atom stereocenters. The molecule has 1 amide bonds. The van der Waals surface area contributed by atoms with Gasteiger partial charge in [-0.1, -0.05) is 24.3 Å². The Bertz CT molecular complexity index is 987. The minimum absolute atomic E-state index is 0.0197. The molecule has 0 bridgehead atoms. The number of amides is 1. The largest absolute Gasteiger partial charge is 0.483 e. The summed E-state index contributed by atoms with van der Waals surface area (Å²) in [7, 11) is 0. The number of nitrogens with zero attached hydrogens (tertiary/aromatic N) is 1. The number of hydrogen-bond donors (Lipinski definition) is 1. The van der Waals surface area contributed by atoms with E-state index in [0.717, 1.165) is 12.0 Å². The van der Waals surface area contributed by atoms with E-state index in [2.05, 4.69) is 5.32 Å². The lowest BCUT2D eigenvalue weighted by molar-refractivity contribution is -0.383. The first-order chi connectivity index (χ1) is 14.2. The van der Waals surface area contributed by atoms with E-state index >= 15 is 0 Å². The first-order valence-electron chi connectivity index (χ1n) is 9.34. The summed E-state index contributed by atoms with van der Waals surface area (Å²) >= 11 is 0. The lowest BCUT2D eigenvalue weighted by Crippen LogP contribution is -2.31. The van der Waals surface area contributed by atoms with Gasteiger partial charge in [0, 0.05) is 18.1 Å². The maximum absolute atomic E-state index is 12.3. The van der Waals surface area contributed by atoms with Crippen LogP contribution in [0.15, 0.2) is 42.5 Å². The van der Waals surface area contributed by atoms with Gasteiger partial charge in [-0.2, -0.15) is 0 Å². The predicted molar refractivity (Wildman–Crippen MR) is 108 cm³/mol. The second-order valence-electron chi connectivity index (χ2n) is 7.47. The molecular formula is C21H22N2O7. The van der Waals surface area contributed by atoms with Crippen molar-refractivity contribution in [2.75, 3.05) is 11.9 Å². The van der Waals surface area contributed by atoms with Gasteiger partial charge in [-0.05, 0) is 32.9 Å². The molecule has 30 heavy (non-hydrogen) atoms. The average Bonchev–Trinajstić information content (AvgIpc) is 3.00. The van der Waals surface area contributed by atoms with Gasteiger partial charge in [-0.3, -0.25) is 14.9 Å². The Morgan fingerprint density at radius 2 is 1.97 bits per heavy atom. The lowest BCUT2D eigenvalue weighted by Gasteiger charge is -2.18. The van der Waals surface area contributed by atoms with Crippen molar-refractivity contribution >= 4 is 23.3 Å². The molecule has 2 aromatic rings. The van der Waals surface area contributed by atoms with Crippen LogP contribution in [-0.4, -0.2) is 35.1 Å². The number of esters is 1. The van der Waals surface area contributed by atoms with Crippen molar-refractivity contribution in [2.45, 2.75) is 38.9 Å². The van der Waals surface area contributed by atoms with Crippen LogP contribution in [0, 0.1) is 10.1 Å². The number of carbonyl (C=O) groups is 2. The van der Waals surface area contributed by atoms with Gasteiger partial charge < -0.3 is 19.5 Å². The van der Waals surface area contributed by atoms with E-state index in [1.807, 2.05) is 26.0 Å². The molecule has 0 saturated carbocycles. The Labute approximate surface area is 173 Å². The molecule has 0 aromatic heterocycles. The van der Waals surface area contributed by atoms with Crippen LogP contribution in [-0.2, 0) is 20.7 Å². The molecule has 158 valence electrons. The topological polar surface area (TPSA) is 117 Å². The summed E-state index contributed by atoms with van der Waals surface area (Å²) < 4.78 is 16.5. The predicted octanol–water partition coefficient (Wildman–Crippen LogP) is 3.26. The maximum atomic E-state index is 12.3. The van der Waals surface area contributed by atoms with Crippen molar-refractivity contribution < 1.29 is 28.7 Å². The summed E-state index contributed by atoms with van der Waals surface area (Å²) in [6.07, 6.45) is -0.440. The van der Waals surface area contributed by atoms with Gasteiger partial charge in [0.05, 0.1) is 4.92 Å². The summed E-state index contributed by atoms with van der Waals surface area (Å²) in [4.78, 5) is 34.8. The number of rotatable bonds is 7. The molecular weight excluding hydrogens is 392 g/mol. The van der Waals surface area contributed by atoms with E-state index < -0.39 is 29.5 Å². The molecule has 2 aromatic carbocycles. The summed E-state index contributed by atoms with van der Waals surface area (Å²) in [5, 5.41) is 13.4. The molecule has 0 fully saturated rings. The standard InChI is InChI=1S/C21H22N2O7/c1-13(20(25)22-15-8-4-5-9-16(15)23(26)27)29-18(24)12-28-17-10-6-7-14-11-21(2,3)30-19(14)17/h4-10,13H,11-12H2,1-3H3,(H,22,25)/t13-/m0/s1. The Kier molecular flexibility index (Phi) is 5.91. The Hall–Kier alpha value is -3.62. The molecule has 9 heteroatoms. The van der Waals surface area contributed by atoms with Crippen LogP contribution in [0.5, 0.6) is 11.5 Å². The number of nitrogens with one attached hydrogen (secondary N) is 1. The first-order valence-corrected chi connectivity index (χ1v) is 9.34. The van der Waals surface area contributed by atoms with Gasteiger partial charge in [0.15, 0.2) is 24.2 Å². The smallest absolute Gasteiger partial charge is 0.344 e. The van der Waals surface area contributed by atoms with Gasteiger partial charge in [-0.15, -0.1) is 0 Å². The van der Waals surface area contributed by atoms with Crippen molar-refractivity contribution in [1.29, 1.82) is 0 Å². The molecule has 0 aliphatic carbocycles. The number of hydrogen-bond acceptors (Lipinski definition) is 7. The molecule has 3 rings (SSSR count).